The molecule has 8 nitrogen and oxygen atoms in total. The van der Waals surface area contributed by atoms with Gasteiger partial charge in [0.1, 0.15) is 6.04 Å². The number of methoxy groups -OCH3 is 1. The van der Waals surface area contributed by atoms with E-state index in [1.165, 1.54) is 18.2 Å². The zero-order valence-electron chi connectivity index (χ0n) is 10.4. The molecule has 0 aliphatic heterocycles. The molecule has 0 aliphatic rings. The predicted octanol–water partition coefficient (Wildman–Crippen LogP) is -0.803. The highest BCUT2D eigenvalue weighted by Crippen LogP contribution is 2.12. The van der Waals surface area contributed by atoms with Gasteiger partial charge in [-0.2, -0.15) is 4.72 Å². The first kappa shape index (κ1) is 16.1. The van der Waals surface area contributed by atoms with Gasteiger partial charge in [0.25, 0.3) is 0 Å². The predicted molar refractivity (Wildman–Crippen MR) is 66.6 cm³/mol. The SMILES string of the molecule is COC(=O)c1cccc(S(=O)(=O)N[C@@H](CO)C(=O)O)c1. The molecule has 110 valence electrons. The zero-order chi connectivity index (χ0) is 15.3. The van der Waals surface area contributed by atoms with Crippen molar-refractivity contribution in [2.45, 2.75) is 10.9 Å². The van der Waals surface area contributed by atoms with Crippen LogP contribution in [0.5, 0.6) is 0 Å². The molecular weight excluding hydrogens is 290 g/mol. The molecule has 0 saturated heterocycles. The Morgan fingerprint density at radius 1 is 1.40 bits per heavy atom. The fraction of sp³-hybridized carbons (Fsp3) is 0.273. The van der Waals surface area contributed by atoms with Gasteiger partial charge in [-0.15, -0.1) is 0 Å². The summed E-state index contributed by atoms with van der Waals surface area (Å²) in [5, 5.41) is 17.5. The highest BCUT2D eigenvalue weighted by molar-refractivity contribution is 7.89. The summed E-state index contributed by atoms with van der Waals surface area (Å²) in [6.45, 7) is -0.898. The van der Waals surface area contributed by atoms with E-state index in [0.29, 0.717) is 0 Å². The van der Waals surface area contributed by atoms with Crippen LogP contribution in [0.1, 0.15) is 10.4 Å². The molecule has 0 heterocycles. The molecule has 0 aliphatic carbocycles. The van der Waals surface area contributed by atoms with Gasteiger partial charge in [-0.1, -0.05) is 6.07 Å². The van der Waals surface area contributed by atoms with Gasteiger partial charge in [0.2, 0.25) is 10.0 Å². The molecule has 0 fully saturated rings. The summed E-state index contributed by atoms with van der Waals surface area (Å²) in [7, 11) is -3.03. The first-order valence-electron chi connectivity index (χ1n) is 5.36. The number of aliphatic carboxylic acids is 1. The van der Waals surface area contributed by atoms with E-state index in [0.717, 1.165) is 13.2 Å². The van der Waals surface area contributed by atoms with Crippen LogP contribution in [-0.4, -0.2) is 50.3 Å². The molecular formula is C11H13NO7S. The Morgan fingerprint density at radius 2 is 2.05 bits per heavy atom. The Labute approximate surface area is 115 Å². The van der Waals surface area contributed by atoms with E-state index >= 15 is 0 Å². The van der Waals surface area contributed by atoms with Crippen molar-refractivity contribution in [3.63, 3.8) is 0 Å². The fourth-order valence-corrected chi connectivity index (χ4v) is 2.56. The number of aliphatic hydroxyl groups is 1. The van der Waals surface area contributed by atoms with Crippen LogP contribution in [0.25, 0.3) is 0 Å². The number of aliphatic hydroxyl groups excluding tert-OH is 1. The lowest BCUT2D eigenvalue weighted by molar-refractivity contribution is -0.139. The third kappa shape index (κ3) is 3.76. The summed E-state index contributed by atoms with van der Waals surface area (Å²) in [4.78, 5) is 21.7. The second-order valence-electron chi connectivity index (χ2n) is 3.71. The quantitative estimate of drug-likeness (QED) is 0.586. The second-order valence-corrected chi connectivity index (χ2v) is 5.43. The van der Waals surface area contributed by atoms with Gasteiger partial charge in [-0.05, 0) is 18.2 Å². The van der Waals surface area contributed by atoms with Crippen molar-refractivity contribution in [3.05, 3.63) is 29.8 Å². The van der Waals surface area contributed by atoms with Gasteiger partial charge in [0.05, 0.1) is 24.2 Å². The number of hydrogen-bond donors (Lipinski definition) is 3. The topological polar surface area (TPSA) is 130 Å². The summed E-state index contributed by atoms with van der Waals surface area (Å²) in [5.74, 6) is -2.24. The molecule has 9 heteroatoms. The lowest BCUT2D eigenvalue weighted by Crippen LogP contribution is -2.43. The molecule has 0 saturated carbocycles. The van der Waals surface area contributed by atoms with Crippen molar-refractivity contribution in [1.82, 2.24) is 4.72 Å². The number of carbonyl (C=O) groups excluding carboxylic acids is 1. The van der Waals surface area contributed by atoms with Crippen LogP contribution in [0.4, 0.5) is 0 Å². The van der Waals surface area contributed by atoms with E-state index in [1.54, 1.807) is 0 Å². The van der Waals surface area contributed by atoms with E-state index in [2.05, 4.69) is 4.74 Å². The second kappa shape index (κ2) is 6.46. The number of carbonyl (C=O) groups is 2. The maximum absolute atomic E-state index is 11.9. The van der Waals surface area contributed by atoms with Gasteiger partial charge in [0.15, 0.2) is 0 Å². The van der Waals surface area contributed by atoms with Crippen LogP contribution in [0.3, 0.4) is 0 Å². The highest BCUT2D eigenvalue weighted by atomic mass is 32.2. The summed E-state index contributed by atoms with van der Waals surface area (Å²) < 4.78 is 30.1. The summed E-state index contributed by atoms with van der Waals surface area (Å²) in [6, 6.07) is 3.23. The Kier molecular flexibility index (Phi) is 5.19. The molecule has 1 aromatic carbocycles. The third-order valence-corrected chi connectivity index (χ3v) is 3.81. The average molecular weight is 303 g/mol. The Balaban J connectivity index is 3.10. The lowest BCUT2D eigenvalue weighted by atomic mass is 10.2. The highest BCUT2D eigenvalue weighted by Gasteiger charge is 2.25. The first-order chi connectivity index (χ1) is 9.31. The van der Waals surface area contributed by atoms with Gasteiger partial charge >= 0.3 is 11.9 Å². The average Bonchev–Trinajstić information content (AvgIpc) is 2.43. The van der Waals surface area contributed by atoms with Crippen molar-refractivity contribution in [1.29, 1.82) is 0 Å². The minimum atomic E-state index is -4.18. The number of sulfonamides is 1. The van der Waals surface area contributed by atoms with Gasteiger partial charge in [-0.25, -0.2) is 13.2 Å². The van der Waals surface area contributed by atoms with Crippen LogP contribution in [0.15, 0.2) is 29.2 Å². The summed E-state index contributed by atoms with van der Waals surface area (Å²) in [5.41, 5.74) is 0.00579. The minimum Gasteiger partial charge on any atom is -0.480 e. The number of benzene rings is 1. The number of rotatable bonds is 6. The van der Waals surface area contributed by atoms with E-state index in [-0.39, 0.29) is 10.5 Å². The van der Waals surface area contributed by atoms with Crippen LogP contribution in [-0.2, 0) is 19.6 Å². The molecule has 0 unspecified atom stereocenters. The zero-order valence-corrected chi connectivity index (χ0v) is 11.3. The van der Waals surface area contributed by atoms with Crippen LogP contribution in [0.2, 0.25) is 0 Å². The van der Waals surface area contributed by atoms with Crippen LogP contribution in [0, 0.1) is 0 Å². The molecule has 0 spiro atoms. The van der Waals surface area contributed by atoms with Crippen LogP contribution < -0.4 is 4.72 Å². The van der Waals surface area contributed by atoms with Crippen molar-refractivity contribution in [3.8, 4) is 0 Å². The normalized spacial score (nSPS) is 12.7. The maximum atomic E-state index is 11.9. The van der Waals surface area contributed by atoms with Gasteiger partial charge in [0, 0.05) is 0 Å². The number of hydrogen-bond acceptors (Lipinski definition) is 6. The van der Waals surface area contributed by atoms with Crippen molar-refractivity contribution in [2.75, 3.05) is 13.7 Å². The molecule has 0 amide bonds. The largest absolute Gasteiger partial charge is 0.480 e. The number of nitrogens with one attached hydrogen (secondary N) is 1. The third-order valence-electron chi connectivity index (χ3n) is 2.34. The van der Waals surface area contributed by atoms with Crippen molar-refractivity contribution < 1.29 is 33.0 Å². The van der Waals surface area contributed by atoms with E-state index in [4.69, 9.17) is 10.2 Å². The van der Waals surface area contributed by atoms with Crippen molar-refractivity contribution in [2.24, 2.45) is 0 Å². The Morgan fingerprint density at radius 3 is 2.55 bits per heavy atom. The fourth-order valence-electron chi connectivity index (χ4n) is 1.33. The number of esters is 1. The molecule has 0 bridgehead atoms. The van der Waals surface area contributed by atoms with Gasteiger partial charge < -0.3 is 14.9 Å². The van der Waals surface area contributed by atoms with Gasteiger partial charge in [-0.3, -0.25) is 4.79 Å². The molecule has 20 heavy (non-hydrogen) atoms. The van der Waals surface area contributed by atoms with Crippen molar-refractivity contribution >= 4 is 22.0 Å². The summed E-state index contributed by atoms with van der Waals surface area (Å²) in [6.07, 6.45) is 0. The molecule has 1 atom stereocenters. The molecule has 0 aromatic heterocycles. The maximum Gasteiger partial charge on any atom is 0.337 e. The molecule has 1 aromatic rings. The smallest absolute Gasteiger partial charge is 0.337 e. The van der Waals surface area contributed by atoms with E-state index < -0.39 is 34.6 Å². The first-order valence-corrected chi connectivity index (χ1v) is 6.84. The number of carboxylic acid groups (broad SMARTS) is 1. The van der Waals surface area contributed by atoms with E-state index in [1.807, 2.05) is 4.72 Å². The monoisotopic (exact) mass is 303 g/mol. The Hall–Kier alpha value is -1.97. The Bertz CT molecular complexity index is 611. The number of ether oxygens (including phenoxy) is 1. The molecule has 0 radical (unpaired) electrons. The standard InChI is InChI=1S/C11H13NO7S/c1-19-11(16)7-3-2-4-8(5-7)20(17,18)12-9(6-13)10(14)15/h2-5,9,12-13H,6H2,1H3,(H,14,15)/t9-/m0/s1. The van der Waals surface area contributed by atoms with E-state index in [9.17, 15) is 18.0 Å². The molecule has 1 rings (SSSR count). The minimum absolute atomic E-state index is 0.00579. The molecule has 3 N–H and O–H groups in total. The lowest BCUT2D eigenvalue weighted by Gasteiger charge is -2.12. The number of carboxylic acids is 1. The van der Waals surface area contributed by atoms with Crippen LogP contribution >= 0.6 is 0 Å². The summed E-state index contributed by atoms with van der Waals surface area (Å²) >= 11 is 0.